The van der Waals surface area contributed by atoms with Crippen molar-refractivity contribution in [1.82, 2.24) is 10.3 Å². The summed E-state index contributed by atoms with van der Waals surface area (Å²) < 4.78 is 7.54. The number of rotatable bonds is 3. The molecule has 1 unspecified atom stereocenters. The summed E-state index contributed by atoms with van der Waals surface area (Å²) in [6.07, 6.45) is 3.84. The summed E-state index contributed by atoms with van der Waals surface area (Å²) in [7, 11) is 0. The van der Waals surface area contributed by atoms with Crippen molar-refractivity contribution in [3.05, 3.63) is 37.2 Å². The minimum atomic E-state index is -0.0239. The van der Waals surface area contributed by atoms with Crippen molar-refractivity contribution in [1.29, 1.82) is 0 Å². The number of carbonyl (C=O) groups is 1. The van der Waals surface area contributed by atoms with Crippen LogP contribution in [-0.4, -0.2) is 24.0 Å². The lowest BCUT2D eigenvalue weighted by Gasteiger charge is -2.16. The fourth-order valence-electron chi connectivity index (χ4n) is 1.89. The number of nitrogens with zero attached hydrogens (tertiary/aromatic N) is 2. The van der Waals surface area contributed by atoms with E-state index >= 15 is 0 Å². The van der Waals surface area contributed by atoms with Gasteiger partial charge in [0.2, 0.25) is 5.91 Å². The third kappa shape index (κ3) is 2.21. The highest BCUT2D eigenvalue weighted by molar-refractivity contribution is 5.80. The van der Waals surface area contributed by atoms with E-state index in [0.29, 0.717) is 12.6 Å². The minimum Gasteiger partial charge on any atom is -0.356 e. The highest BCUT2D eigenvalue weighted by Gasteiger charge is 2.28. The van der Waals surface area contributed by atoms with E-state index in [-0.39, 0.29) is 11.8 Å². The first kappa shape index (κ1) is 9.39. The molecule has 1 amide bonds. The molecular weight excluding hydrogens is 202 g/mol. The number of pyridine rings is 1. The van der Waals surface area contributed by atoms with Crippen LogP contribution in [-0.2, 0) is 4.79 Å². The summed E-state index contributed by atoms with van der Waals surface area (Å²) in [5.41, 5.74) is 0. The molecule has 1 N–H and O–H groups in total. The first-order chi connectivity index (χ1) is 8.20. The van der Waals surface area contributed by atoms with Gasteiger partial charge in [-0.1, -0.05) is 12.6 Å². The van der Waals surface area contributed by atoms with Crippen molar-refractivity contribution in [2.24, 2.45) is 5.92 Å². The molecule has 0 aromatic carbocycles. The van der Waals surface area contributed by atoms with E-state index in [1.54, 1.807) is 18.3 Å². The standard InChI is InChI=1S/C12H15N3O/c1-2-13-12(16)10-6-8-15(9-10)11-5-3-4-7-14-11/h2-5,7,10H,1,6,8-9H2,(H,13,16)/i3T. The monoisotopic (exact) mass is 219 g/mol. The zero-order valence-corrected chi connectivity index (χ0v) is 9.02. The van der Waals surface area contributed by atoms with Crippen LogP contribution in [0.25, 0.3) is 0 Å². The number of aromatic nitrogens is 1. The Bertz CT molecular complexity index is 436. The molecule has 0 saturated carbocycles. The molecule has 16 heavy (non-hydrogen) atoms. The third-order valence-corrected chi connectivity index (χ3v) is 2.72. The van der Waals surface area contributed by atoms with Crippen molar-refractivity contribution >= 4 is 11.7 Å². The fourth-order valence-corrected chi connectivity index (χ4v) is 1.89. The van der Waals surface area contributed by atoms with Crippen LogP contribution in [0.4, 0.5) is 5.82 Å². The van der Waals surface area contributed by atoms with Gasteiger partial charge in [-0.05, 0) is 24.8 Å². The van der Waals surface area contributed by atoms with Gasteiger partial charge in [-0.2, -0.15) is 0 Å². The van der Waals surface area contributed by atoms with Gasteiger partial charge < -0.3 is 10.2 Å². The Balaban J connectivity index is 2.02. The Morgan fingerprint density at radius 2 is 2.69 bits per heavy atom. The quantitative estimate of drug-likeness (QED) is 0.830. The highest BCUT2D eigenvalue weighted by atomic mass is 16.1. The van der Waals surface area contributed by atoms with Gasteiger partial charge in [-0.25, -0.2) is 4.98 Å². The number of nitrogens with one attached hydrogen (secondary N) is 1. The molecule has 4 heteroatoms. The Kier molecular flexibility index (Phi) is 2.81. The summed E-state index contributed by atoms with van der Waals surface area (Å²) in [6, 6.07) is 3.80. The second-order valence-electron chi connectivity index (χ2n) is 3.76. The number of hydrogen-bond donors (Lipinski definition) is 1. The van der Waals surface area contributed by atoms with Crippen LogP contribution in [0.2, 0.25) is 0 Å². The first-order valence-corrected chi connectivity index (χ1v) is 5.29. The van der Waals surface area contributed by atoms with Crippen molar-refractivity contribution in [3.8, 4) is 0 Å². The second-order valence-corrected chi connectivity index (χ2v) is 3.76. The van der Waals surface area contributed by atoms with Crippen molar-refractivity contribution < 1.29 is 6.17 Å². The van der Waals surface area contributed by atoms with Gasteiger partial charge in [0.1, 0.15) is 5.82 Å². The lowest BCUT2D eigenvalue weighted by Crippen LogP contribution is -2.29. The third-order valence-electron chi connectivity index (χ3n) is 2.72. The van der Waals surface area contributed by atoms with E-state index < -0.39 is 0 Å². The smallest absolute Gasteiger partial charge is 0.228 e. The average molecular weight is 219 g/mol. The second kappa shape index (κ2) is 4.79. The van der Waals surface area contributed by atoms with Gasteiger partial charge in [0.15, 0.2) is 0 Å². The van der Waals surface area contributed by atoms with Crippen LogP contribution in [0.15, 0.2) is 37.2 Å². The van der Waals surface area contributed by atoms with E-state index in [1.165, 1.54) is 6.20 Å². The molecule has 1 aliphatic heterocycles. The SMILES string of the molecule is [3H]c1ccnc(N2CCC(C(=O)NC=C)C2)c1. The topological polar surface area (TPSA) is 45.2 Å². The van der Waals surface area contributed by atoms with Gasteiger partial charge in [-0.3, -0.25) is 4.79 Å². The predicted molar refractivity (Wildman–Crippen MR) is 62.9 cm³/mol. The Morgan fingerprint density at radius 1 is 1.81 bits per heavy atom. The molecule has 0 bridgehead atoms. The van der Waals surface area contributed by atoms with E-state index in [2.05, 4.69) is 16.9 Å². The summed E-state index contributed by atoms with van der Waals surface area (Å²) in [6.45, 7) is 4.92. The molecule has 1 fully saturated rings. The maximum atomic E-state index is 11.6. The zero-order chi connectivity index (χ0) is 12.3. The largest absolute Gasteiger partial charge is 0.356 e. The van der Waals surface area contributed by atoms with Crippen LogP contribution in [0.5, 0.6) is 0 Å². The Morgan fingerprint density at radius 3 is 3.44 bits per heavy atom. The van der Waals surface area contributed by atoms with E-state index in [9.17, 15) is 4.79 Å². The summed E-state index contributed by atoms with van der Waals surface area (Å²) in [4.78, 5) is 17.9. The average Bonchev–Trinajstić information content (AvgIpc) is 2.78. The normalized spacial score (nSPS) is 20.4. The molecule has 1 aromatic rings. The molecule has 0 aliphatic carbocycles. The van der Waals surface area contributed by atoms with Gasteiger partial charge >= 0.3 is 0 Å². The fraction of sp³-hybridized carbons (Fsp3) is 0.333. The van der Waals surface area contributed by atoms with Gasteiger partial charge in [0.05, 0.1) is 7.29 Å². The molecular formula is C12H15N3O. The molecule has 2 heterocycles. The van der Waals surface area contributed by atoms with Crippen LogP contribution in [0, 0.1) is 5.92 Å². The van der Waals surface area contributed by atoms with Crippen molar-refractivity contribution in [2.45, 2.75) is 6.42 Å². The molecule has 2 rings (SSSR count). The number of hydrogen-bond acceptors (Lipinski definition) is 3. The van der Waals surface area contributed by atoms with Gasteiger partial charge in [0.25, 0.3) is 0 Å². The number of carbonyl (C=O) groups excluding carboxylic acids is 1. The van der Waals surface area contributed by atoms with Gasteiger partial charge in [0, 0.05) is 19.3 Å². The Labute approximate surface area is 96.4 Å². The van der Waals surface area contributed by atoms with Crippen LogP contribution < -0.4 is 10.2 Å². The van der Waals surface area contributed by atoms with Crippen LogP contribution >= 0.6 is 0 Å². The lowest BCUT2D eigenvalue weighted by molar-refractivity contribution is -0.123. The molecule has 84 valence electrons. The molecule has 1 atom stereocenters. The number of amides is 1. The summed E-state index contributed by atoms with van der Waals surface area (Å²) >= 11 is 0. The van der Waals surface area contributed by atoms with Crippen molar-refractivity contribution in [2.75, 3.05) is 18.0 Å². The lowest BCUT2D eigenvalue weighted by atomic mass is 10.1. The Hall–Kier alpha value is -1.84. The van der Waals surface area contributed by atoms with Gasteiger partial charge in [-0.15, -0.1) is 0 Å². The highest BCUT2D eigenvalue weighted by Crippen LogP contribution is 2.21. The predicted octanol–water partition coefficient (Wildman–Crippen LogP) is 1.17. The molecule has 1 saturated heterocycles. The van der Waals surface area contributed by atoms with E-state index in [4.69, 9.17) is 1.37 Å². The molecule has 1 aromatic heterocycles. The minimum absolute atomic E-state index is 0.00419. The zero-order valence-electron chi connectivity index (χ0n) is 10.0. The first-order valence-electron chi connectivity index (χ1n) is 5.79. The molecule has 1 aliphatic rings. The maximum absolute atomic E-state index is 11.6. The molecule has 0 radical (unpaired) electrons. The van der Waals surface area contributed by atoms with E-state index in [1.807, 2.05) is 4.90 Å². The molecule has 4 nitrogen and oxygen atoms in total. The van der Waals surface area contributed by atoms with Crippen molar-refractivity contribution in [3.63, 3.8) is 0 Å². The van der Waals surface area contributed by atoms with Crippen LogP contribution in [0.3, 0.4) is 0 Å². The van der Waals surface area contributed by atoms with E-state index in [0.717, 1.165) is 18.8 Å². The molecule has 0 spiro atoms. The number of anilines is 1. The summed E-state index contributed by atoms with van der Waals surface area (Å²) in [5, 5.41) is 2.61. The van der Waals surface area contributed by atoms with Crippen LogP contribution in [0.1, 0.15) is 7.79 Å². The summed E-state index contributed by atoms with van der Waals surface area (Å²) in [5.74, 6) is 0.750. The maximum Gasteiger partial charge on any atom is 0.228 e.